The van der Waals surface area contributed by atoms with Crippen molar-refractivity contribution in [3.05, 3.63) is 59.7 Å². The first-order valence-corrected chi connectivity index (χ1v) is 5.47. The van der Waals surface area contributed by atoms with Crippen molar-refractivity contribution in [2.75, 3.05) is 0 Å². The van der Waals surface area contributed by atoms with E-state index in [-0.39, 0.29) is 24.3 Å². The van der Waals surface area contributed by atoms with Gasteiger partial charge in [0.1, 0.15) is 0 Å². The van der Waals surface area contributed by atoms with Crippen molar-refractivity contribution in [3.8, 4) is 0 Å². The molecule has 1 aliphatic rings. The minimum atomic E-state index is 0. The van der Waals surface area contributed by atoms with Crippen LogP contribution in [0.1, 0.15) is 32.3 Å². The smallest absolute Gasteiger partial charge is 0.149 e. The molecular weight excluding hydrogens is 187 g/mol. The molecule has 1 aromatic rings. The standard InChI is InChI=1S/C15H17.Li/c1-12-9-10-15(2,3)14(12)11-13-7-5-4-6-8-13;/h4-8H,1,9-10H2,2-3H3;/q-1;+1. The van der Waals surface area contributed by atoms with E-state index in [1.165, 1.54) is 17.6 Å². The van der Waals surface area contributed by atoms with E-state index in [9.17, 15) is 0 Å². The average molecular weight is 204 g/mol. The summed E-state index contributed by atoms with van der Waals surface area (Å²) in [6.45, 7) is 8.68. The van der Waals surface area contributed by atoms with Crippen molar-refractivity contribution in [1.82, 2.24) is 0 Å². The van der Waals surface area contributed by atoms with Crippen molar-refractivity contribution >= 4 is 0 Å². The minimum absolute atomic E-state index is 0. The van der Waals surface area contributed by atoms with E-state index in [1.807, 2.05) is 18.2 Å². The van der Waals surface area contributed by atoms with Crippen LogP contribution in [0.2, 0.25) is 0 Å². The van der Waals surface area contributed by atoms with Crippen LogP contribution in [0.15, 0.2) is 48.1 Å². The predicted octanol–water partition coefficient (Wildman–Crippen LogP) is 1.14. The predicted molar refractivity (Wildman–Crippen MR) is 64.5 cm³/mol. The van der Waals surface area contributed by atoms with Crippen LogP contribution in [0, 0.1) is 11.5 Å². The SMILES string of the molecule is C=C1CCC(C)(C)C1=[C-]c1ccccc1.[Li+]. The molecule has 0 amide bonds. The van der Waals surface area contributed by atoms with Crippen LogP contribution in [-0.2, 0) is 0 Å². The molecule has 0 aliphatic heterocycles. The van der Waals surface area contributed by atoms with Crippen molar-refractivity contribution in [2.24, 2.45) is 5.41 Å². The Hall–Kier alpha value is -0.703. The quantitative estimate of drug-likeness (QED) is 0.475. The molecule has 78 valence electrons. The fourth-order valence-electron chi connectivity index (χ4n) is 2.12. The molecule has 1 aromatic carbocycles. The van der Waals surface area contributed by atoms with Crippen molar-refractivity contribution in [2.45, 2.75) is 26.7 Å². The third kappa shape index (κ3) is 2.70. The van der Waals surface area contributed by atoms with E-state index in [1.54, 1.807) is 0 Å². The van der Waals surface area contributed by atoms with Gasteiger partial charge in [-0.05, 0) is 11.8 Å². The maximum atomic E-state index is 4.13. The molecule has 0 bridgehead atoms. The zero-order chi connectivity index (χ0) is 10.9. The molecule has 0 N–H and O–H groups in total. The first kappa shape index (κ1) is 13.4. The second-order valence-electron chi connectivity index (χ2n) is 4.85. The first-order chi connectivity index (χ1) is 7.09. The second kappa shape index (κ2) is 5.08. The van der Waals surface area contributed by atoms with Crippen LogP contribution in [0.25, 0.3) is 0 Å². The third-order valence-electron chi connectivity index (χ3n) is 3.13. The minimum Gasteiger partial charge on any atom is -0.149 e. The Morgan fingerprint density at radius 1 is 1.19 bits per heavy atom. The Labute approximate surface area is 111 Å². The zero-order valence-corrected chi connectivity index (χ0v) is 10.5. The second-order valence-corrected chi connectivity index (χ2v) is 4.85. The zero-order valence-electron chi connectivity index (χ0n) is 10.5. The van der Waals surface area contributed by atoms with Crippen LogP contribution in [0.3, 0.4) is 0 Å². The third-order valence-corrected chi connectivity index (χ3v) is 3.13. The van der Waals surface area contributed by atoms with Gasteiger partial charge in [-0.2, -0.15) is 0 Å². The topological polar surface area (TPSA) is 0 Å². The molecule has 0 heterocycles. The monoisotopic (exact) mass is 204 g/mol. The largest absolute Gasteiger partial charge is 1.00 e. The first-order valence-electron chi connectivity index (χ1n) is 5.47. The Bertz CT molecular complexity index is 399. The number of hydrogen-bond acceptors (Lipinski definition) is 0. The van der Waals surface area contributed by atoms with Crippen LogP contribution < -0.4 is 18.9 Å². The maximum Gasteiger partial charge on any atom is 1.00 e. The maximum absolute atomic E-state index is 4.13. The van der Waals surface area contributed by atoms with Crippen molar-refractivity contribution < 1.29 is 18.9 Å². The molecule has 2 rings (SSSR count). The fourth-order valence-corrected chi connectivity index (χ4v) is 2.12. The number of rotatable bonds is 1. The molecule has 1 fully saturated rings. The van der Waals surface area contributed by atoms with E-state index >= 15 is 0 Å². The van der Waals surface area contributed by atoms with Gasteiger partial charge < -0.3 is 0 Å². The average Bonchev–Trinajstić information content (AvgIpc) is 2.47. The van der Waals surface area contributed by atoms with Gasteiger partial charge >= 0.3 is 18.9 Å². The summed E-state index contributed by atoms with van der Waals surface area (Å²) in [4.78, 5) is 0. The van der Waals surface area contributed by atoms with E-state index in [0.29, 0.717) is 0 Å². The fraction of sp³-hybridized carbons (Fsp3) is 0.333. The Morgan fingerprint density at radius 3 is 2.31 bits per heavy atom. The molecule has 0 aromatic heterocycles. The van der Waals surface area contributed by atoms with Crippen LogP contribution in [-0.4, -0.2) is 0 Å². The summed E-state index contributed by atoms with van der Waals surface area (Å²) < 4.78 is 0. The Kier molecular flexibility index (Phi) is 4.25. The van der Waals surface area contributed by atoms with Gasteiger partial charge in [0, 0.05) is 0 Å². The molecule has 1 heteroatoms. The number of hydrogen-bond donors (Lipinski definition) is 0. The summed E-state index contributed by atoms with van der Waals surface area (Å²) in [5.41, 5.74) is 3.95. The van der Waals surface area contributed by atoms with Crippen LogP contribution >= 0.6 is 0 Å². The molecule has 0 saturated heterocycles. The molecular formula is C15H17Li. The van der Waals surface area contributed by atoms with Crippen LogP contribution in [0.4, 0.5) is 0 Å². The van der Waals surface area contributed by atoms with Gasteiger partial charge in [0.05, 0.1) is 0 Å². The molecule has 16 heavy (non-hydrogen) atoms. The van der Waals surface area contributed by atoms with Crippen molar-refractivity contribution in [1.29, 1.82) is 0 Å². The van der Waals surface area contributed by atoms with Gasteiger partial charge in [-0.15, -0.1) is 53.6 Å². The molecule has 0 atom stereocenters. The summed E-state index contributed by atoms with van der Waals surface area (Å²) in [5.74, 6) is 0. The molecule has 0 unspecified atom stereocenters. The Balaban J connectivity index is 0.00000128. The van der Waals surface area contributed by atoms with Gasteiger partial charge in [-0.25, -0.2) is 0 Å². The number of benzene rings is 1. The Morgan fingerprint density at radius 2 is 1.81 bits per heavy atom. The van der Waals surface area contributed by atoms with Gasteiger partial charge in [-0.1, -0.05) is 26.3 Å². The summed E-state index contributed by atoms with van der Waals surface area (Å²) in [5, 5.41) is 0. The van der Waals surface area contributed by atoms with E-state index in [4.69, 9.17) is 0 Å². The van der Waals surface area contributed by atoms with Gasteiger partial charge in [0.2, 0.25) is 0 Å². The van der Waals surface area contributed by atoms with Gasteiger partial charge in [0.15, 0.2) is 0 Å². The summed E-state index contributed by atoms with van der Waals surface area (Å²) in [6.07, 6.45) is 5.81. The van der Waals surface area contributed by atoms with E-state index in [2.05, 4.69) is 38.6 Å². The number of allylic oxidation sites excluding steroid dienone is 2. The molecule has 1 saturated carbocycles. The summed E-state index contributed by atoms with van der Waals surface area (Å²) in [7, 11) is 0. The molecule has 0 spiro atoms. The summed E-state index contributed by atoms with van der Waals surface area (Å²) in [6, 6.07) is 10.3. The molecule has 0 radical (unpaired) electrons. The molecule has 1 aliphatic carbocycles. The van der Waals surface area contributed by atoms with Gasteiger partial charge in [0.25, 0.3) is 0 Å². The summed E-state index contributed by atoms with van der Waals surface area (Å²) >= 11 is 0. The van der Waals surface area contributed by atoms with Crippen LogP contribution in [0.5, 0.6) is 0 Å². The van der Waals surface area contributed by atoms with E-state index in [0.717, 1.165) is 12.0 Å². The van der Waals surface area contributed by atoms with E-state index < -0.39 is 0 Å². The molecule has 0 nitrogen and oxygen atoms in total. The van der Waals surface area contributed by atoms with Crippen molar-refractivity contribution in [3.63, 3.8) is 0 Å². The normalized spacial score (nSPS) is 20.9. The van der Waals surface area contributed by atoms with Gasteiger partial charge in [-0.3, -0.25) is 0 Å².